The first-order valence-corrected chi connectivity index (χ1v) is 11.5. The molecule has 0 saturated heterocycles. The van der Waals surface area contributed by atoms with E-state index < -0.39 is 0 Å². The Bertz CT molecular complexity index is 781. The number of aliphatic imine (C=N–C) groups is 1. The Kier molecular flexibility index (Phi) is 8.49. The van der Waals surface area contributed by atoms with Gasteiger partial charge in [0, 0.05) is 10.6 Å². The molecule has 1 saturated carbocycles. The van der Waals surface area contributed by atoms with E-state index in [0.717, 1.165) is 33.0 Å². The van der Waals surface area contributed by atoms with E-state index in [1.165, 1.54) is 44.2 Å². The number of nitrogens with zero attached hydrogens (tertiary/aromatic N) is 1. The molecule has 0 aliphatic heterocycles. The fraction of sp³-hybridized carbons (Fsp3) is 0.348. The summed E-state index contributed by atoms with van der Waals surface area (Å²) in [5.74, 6) is 2.52. The highest BCUT2D eigenvalue weighted by atomic mass is 32.2. The Balaban J connectivity index is 1.67. The molecule has 0 bridgehead atoms. The molecule has 2 nitrogen and oxygen atoms in total. The van der Waals surface area contributed by atoms with Gasteiger partial charge in [0.2, 0.25) is 0 Å². The van der Waals surface area contributed by atoms with Crippen molar-refractivity contribution in [3.05, 3.63) is 65.8 Å². The van der Waals surface area contributed by atoms with Gasteiger partial charge in [0.1, 0.15) is 11.6 Å². The molecular formula is C23H26FNOS2. The highest BCUT2D eigenvalue weighted by Gasteiger charge is 2.14. The van der Waals surface area contributed by atoms with Crippen molar-refractivity contribution in [1.82, 2.24) is 0 Å². The van der Waals surface area contributed by atoms with Crippen molar-refractivity contribution in [3.63, 3.8) is 0 Å². The molecule has 148 valence electrons. The molecule has 0 heterocycles. The molecule has 0 unspecified atom stereocenters. The van der Waals surface area contributed by atoms with Gasteiger partial charge in [0.05, 0.1) is 17.8 Å². The van der Waals surface area contributed by atoms with Crippen molar-refractivity contribution >= 4 is 34.3 Å². The van der Waals surface area contributed by atoms with Gasteiger partial charge < -0.3 is 4.74 Å². The van der Waals surface area contributed by atoms with Crippen LogP contribution in [0.15, 0.2) is 69.9 Å². The largest absolute Gasteiger partial charge is 0.497 e. The van der Waals surface area contributed by atoms with Crippen LogP contribution in [-0.2, 0) is 0 Å². The van der Waals surface area contributed by atoms with E-state index in [1.807, 2.05) is 41.4 Å². The lowest BCUT2D eigenvalue weighted by molar-refractivity contribution is 0.391. The number of thioether (sulfide) groups is 2. The van der Waals surface area contributed by atoms with E-state index in [0.29, 0.717) is 0 Å². The second-order valence-corrected chi connectivity index (χ2v) is 8.86. The summed E-state index contributed by atoms with van der Waals surface area (Å²) in [6.45, 7) is 0. The topological polar surface area (TPSA) is 21.6 Å². The summed E-state index contributed by atoms with van der Waals surface area (Å²) in [6, 6.07) is 14.4. The molecule has 5 heteroatoms. The van der Waals surface area contributed by atoms with Crippen LogP contribution in [0.3, 0.4) is 0 Å². The predicted octanol–water partition coefficient (Wildman–Crippen LogP) is 7.48. The van der Waals surface area contributed by atoms with E-state index in [2.05, 4.69) is 6.08 Å². The van der Waals surface area contributed by atoms with Crippen molar-refractivity contribution < 1.29 is 9.13 Å². The van der Waals surface area contributed by atoms with Crippen LogP contribution in [0.5, 0.6) is 5.75 Å². The molecule has 1 fully saturated rings. The first kappa shape index (κ1) is 21.0. The summed E-state index contributed by atoms with van der Waals surface area (Å²) < 4.78 is 18.3. The van der Waals surface area contributed by atoms with Crippen LogP contribution in [0.25, 0.3) is 0 Å². The second-order valence-electron chi connectivity index (χ2n) is 6.84. The van der Waals surface area contributed by atoms with Gasteiger partial charge in [-0.05, 0) is 78.8 Å². The zero-order valence-electron chi connectivity index (χ0n) is 16.1. The van der Waals surface area contributed by atoms with Crippen LogP contribution >= 0.6 is 23.5 Å². The van der Waals surface area contributed by atoms with Gasteiger partial charge in [-0.15, -0.1) is 11.8 Å². The third-order valence-corrected chi connectivity index (χ3v) is 6.71. The summed E-state index contributed by atoms with van der Waals surface area (Å²) in [5.41, 5.74) is 0.920. The minimum absolute atomic E-state index is 0.210. The lowest BCUT2D eigenvalue weighted by Gasteiger charge is -2.20. The van der Waals surface area contributed by atoms with Crippen LogP contribution < -0.4 is 4.74 Å². The van der Waals surface area contributed by atoms with Crippen molar-refractivity contribution in [2.45, 2.75) is 37.0 Å². The first-order chi connectivity index (χ1) is 13.7. The van der Waals surface area contributed by atoms with E-state index in [9.17, 15) is 4.39 Å². The molecular weight excluding hydrogens is 389 g/mol. The number of benzene rings is 2. The first-order valence-electron chi connectivity index (χ1n) is 9.67. The number of ether oxygens (including phenoxy) is 1. The lowest BCUT2D eigenvalue weighted by atomic mass is 9.91. The van der Waals surface area contributed by atoms with Crippen LogP contribution in [0, 0.1) is 11.7 Å². The van der Waals surface area contributed by atoms with Crippen LogP contribution in [-0.4, -0.2) is 17.9 Å². The van der Waals surface area contributed by atoms with Gasteiger partial charge in [0.15, 0.2) is 0 Å². The number of hydrogen-bond acceptors (Lipinski definition) is 4. The number of hydrogen-bond donors (Lipinski definition) is 0. The zero-order valence-corrected chi connectivity index (χ0v) is 17.8. The third-order valence-electron chi connectivity index (χ3n) is 4.73. The summed E-state index contributed by atoms with van der Waals surface area (Å²) in [6.07, 6.45) is 8.81. The van der Waals surface area contributed by atoms with Crippen LogP contribution in [0.1, 0.15) is 32.1 Å². The zero-order chi connectivity index (χ0) is 19.6. The number of halogens is 1. The summed E-state index contributed by atoms with van der Waals surface area (Å²) >= 11 is 3.40. The van der Waals surface area contributed by atoms with E-state index >= 15 is 0 Å². The maximum Gasteiger partial charge on any atom is 0.123 e. The molecule has 3 rings (SSSR count). The van der Waals surface area contributed by atoms with Crippen molar-refractivity contribution in [2.75, 3.05) is 12.9 Å². The van der Waals surface area contributed by atoms with Crippen LogP contribution in [0.4, 0.5) is 10.1 Å². The molecule has 1 aliphatic rings. The summed E-state index contributed by atoms with van der Waals surface area (Å²) in [4.78, 5) is 5.84. The van der Waals surface area contributed by atoms with Gasteiger partial charge >= 0.3 is 0 Å². The molecule has 0 N–H and O–H groups in total. The van der Waals surface area contributed by atoms with E-state index in [4.69, 9.17) is 9.73 Å². The quantitative estimate of drug-likeness (QED) is 0.266. The molecule has 28 heavy (non-hydrogen) atoms. The van der Waals surface area contributed by atoms with Gasteiger partial charge in [0.25, 0.3) is 0 Å². The predicted molar refractivity (Wildman–Crippen MR) is 121 cm³/mol. The maximum atomic E-state index is 13.1. The van der Waals surface area contributed by atoms with E-state index in [1.54, 1.807) is 31.0 Å². The summed E-state index contributed by atoms with van der Waals surface area (Å²) in [7, 11) is 1.67. The normalized spacial score (nSPS) is 15.9. The standard InChI is InChI=1S/C23H26FNOS2/c1-26-21-11-9-20(10-12-21)25-23(28-17-18-5-3-2-4-6-18)15-16-27-22-13-7-19(24)8-14-22/h7-16,18H,2-6,17H2,1H3/b16-15+,25-23?. The average molecular weight is 416 g/mol. The van der Waals surface area contributed by atoms with Gasteiger partial charge in [-0.1, -0.05) is 31.0 Å². The lowest BCUT2D eigenvalue weighted by Crippen LogP contribution is -2.09. The highest BCUT2D eigenvalue weighted by Crippen LogP contribution is 2.29. The summed E-state index contributed by atoms with van der Waals surface area (Å²) in [5, 5.41) is 3.04. The maximum absolute atomic E-state index is 13.1. The van der Waals surface area contributed by atoms with Crippen molar-refractivity contribution in [3.8, 4) is 5.75 Å². The minimum Gasteiger partial charge on any atom is -0.497 e. The Hall–Kier alpha value is -1.72. The van der Waals surface area contributed by atoms with Crippen molar-refractivity contribution in [1.29, 1.82) is 0 Å². The van der Waals surface area contributed by atoms with Gasteiger partial charge in [-0.2, -0.15) is 0 Å². The number of rotatable bonds is 7. The SMILES string of the molecule is COc1ccc(N=C(/C=C/Sc2ccc(F)cc2)SCC2CCCCC2)cc1. The Labute approximate surface area is 175 Å². The Morgan fingerprint density at radius 3 is 2.46 bits per heavy atom. The average Bonchev–Trinajstić information content (AvgIpc) is 2.74. The van der Waals surface area contributed by atoms with Gasteiger partial charge in [-0.25, -0.2) is 9.38 Å². The third kappa shape index (κ3) is 7.02. The monoisotopic (exact) mass is 415 g/mol. The molecule has 0 radical (unpaired) electrons. The van der Waals surface area contributed by atoms with Gasteiger partial charge in [-0.3, -0.25) is 0 Å². The fourth-order valence-electron chi connectivity index (χ4n) is 3.14. The molecule has 1 aliphatic carbocycles. The molecule has 0 amide bonds. The second kappa shape index (κ2) is 11.3. The molecule has 2 aromatic carbocycles. The Morgan fingerprint density at radius 2 is 1.79 bits per heavy atom. The number of methoxy groups -OCH3 is 1. The Morgan fingerprint density at radius 1 is 1.07 bits per heavy atom. The van der Waals surface area contributed by atoms with E-state index in [-0.39, 0.29) is 5.82 Å². The highest BCUT2D eigenvalue weighted by molar-refractivity contribution is 8.14. The fourth-order valence-corrected chi connectivity index (χ4v) is 4.95. The molecule has 2 aromatic rings. The smallest absolute Gasteiger partial charge is 0.123 e. The molecule has 0 aromatic heterocycles. The minimum atomic E-state index is -0.210. The molecule has 0 atom stereocenters. The van der Waals surface area contributed by atoms with Crippen LogP contribution in [0.2, 0.25) is 0 Å². The molecule has 0 spiro atoms. The van der Waals surface area contributed by atoms with Crippen molar-refractivity contribution in [2.24, 2.45) is 10.9 Å².